The fourth-order valence-corrected chi connectivity index (χ4v) is 2.72. The van der Waals surface area contributed by atoms with E-state index in [1.165, 1.54) is 0 Å². The lowest BCUT2D eigenvalue weighted by atomic mass is 10.1. The van der Waals surface area contributed by atoms with E-state index in [4.69, 9.17) is 21.1 Å². The number of carbonyl (C=O) groups excluding carboxylic acids is 2. The Morgan fingerprint density at radius 2 is 1.69 bits per heavy atom. The van der Waals surface area contributed by atoms with Crippen LogP contribution in [0.1, 0.15) is 52.0 Å². The Labute approximate surface area is 175 Å². The van der Waals surface area contributed by atoms with E-state index in [1.54, 1.807) is 45.0 Å². The van der Waals surface area contributed by atoms with Gasteiger partial charge in [-0.3, -0.25) is 4.79 Å². The van der Waals surface area contributed by atoms with Crippen molar-refractivity contribution in [2.45, 2.75) is 58.8 Å². The van der Waals surface area contributed by atoms with Crippen LogP contribution in [-0.2, 0) is 14.3 Å². The van der Waals surface area contributed by atoms with Gasteiger partial charge in [0.25, 0.3) is 5.91 Å². The number of pyridine rings is 1. The third-order valence-electron chi connectivity index (χ3n) is 3.73. The molecule has 7 nitrogen and oxygen atoms in total. The molecule has 1 amide bonds. The lowest BCUT2D eigenvalue weighted by Crippen LogP contribution is -2.48. The first-order valence-electron chi connectivity index (χ1n) is 9.23. The molecule has 8 heteroatoms. The maximum atomic E-state index is 12.8. The molecular formula is C21H27ClN2O5. The molecule has 158 valence electrons. The first kappa shape index (κ1) is 22.9. The number of carbonyl (C=O) groups is 2. The van der Waals surface area contributed by atoms with Crippen molar-refractivity contribution >= 4 is 34.2 Å². The second-order valence-electron chi connectivity index (χ2n) is 8.63. The number of nitrogens with one attached hydrogen (secondary N) is 1. The summed E-state index contributed by atoms with van der Waals surface area (Å²) in [6, 6.07) is 5.68. The van der Waals surface area contributed by atoms with Gasteiger partial charge < -0.3 is 19.9 Å². The Hall–Kier alpha value is -2.38. The van der Waals surface area contributed by atoms with E-state index in [9.17, 15) is 14.7 Å². The number of ether oxygens (including phenoxy) is 2. The molecule has 1 heterocycles. The minimum Gasteiger partial charge on any atom is -0.505 e. The average Bonchev–Trinajstić information content (AvgIpc) is 2.59. The summed E-state index contributed by atoms with van der Waals surface area (Å²) in [6.45, 7) is 10.6. The number of esters is 1. The summed E-state index contributed by atoms with van der Waals surface area (Å²) in [5.41, 5.74) is -1.55. The van der Waals surface area contributed by atoms with E-state index in [-0.39, 0.29) is 23.2 Å². The highest BCUT2D eigenvalue weighted by Gasteiger charge is 2.30. The number of hydrogen-bond acceptors (Lipinski definition) is 6. The number of fused-ring (bicyclic) bond motifs is 1. The molecular weight excluding hydrogens is 396 g/mol. The fraction of sp³-hybridized carbons (Fsp3) is 0.476. The summed E-state index contributed by atoms with van der Waals surface area (Å²) in [5.74, 6) is -1.73. The van der Waals surface area contributed by atoms with Gasteiger partial charge in [0.2, 0.25) is 0 Å². The van der Waals surface area contributed by atoms with E-state index in [2.05, 4.69) is 10.3 Å². The third-order valence-corrected chi connectivity index (χ3v) is 4.02. The predicted octanol–water partition coefficient (Wildman–Crippen LogP) is 3.85. The normalized spacial score (nSPS) is 13.2. The number of halogens is 1. The molecule has 0 aliphatic heterocycles. The molecule has 0 aliphatic rings. The Morgan fingerprint density at radius 3 is 2.24 bits per heavy atom. The lowest BCUT2D eigenvalue weighted by Gasteiger charge is -2.27. The maximum Gasteiger partial charge on any atom is 0.331 e. The number of nitrogens with zero attached hydrogens (tertiary/aromatic N) is 1. The molecule has 1 atom stereocenters. The monoisotopic (exact) mass is 422 g/mol. The van der Waals surface area contributed by atoms with Gasteiger partial charge in [-0.2, -0.15) is 0 Å². The van der Waals surface area contributed by atoms with Crippen LogP contribution in [0.25, 0.3) is 10.8 Å². The molecule has 1 aromatic carbocycles. The molecule has 0 aliphatic carbocycles. The van der Waals surface area contributed by atoms with Crippen LogP contribution in [0.2, 0.25) is 5.15 Å². The summed E-state index contributed by atoms with van der Waals surface area (Å²) in [6.07, 6.45) is 0. The van der Waals surface area contributed by atoms with E-state index in [0.717, 1.165) is 0 Å². The lowest BCUT2D eigenvalue weighted by molar-refractivity contribution is -0.160. The highest BCUT2D eigenvalue weighted by molar-refractivity contribution is 6.34. The highest BCUT2D eigenvalue weighted by atomic mass is 35.5. The highest BCUT2D eigenvalue weighted by Crippen LogP contribution is 2.31. The number of benzene rings is 1. The second kappa shape index (κ2) is 8.55. The molecule has 0 saturated carbocycles. The Balaban J connectivity index is 2.32. The standard InChI is InChI=1S/C21H27ClN2O5/c1-20(2,3)28-11-14(19(27)29-21(4,5)6)23-18(26)15-16(25)12-9-7-8-10-13(12)17(22)24-15/h7-10,14,25H,11H2,1-6H3,(H,23,26)/t14-/m1/s1. The van der Waals surface area contributed by atoms with Crippen LogP contribution >= 0.6 is 11.6 Å². The van der Waals surface area contributed by atoms with E-state index in [1.807, 2.05) is 20.8 Å². The van der Waals surface area contributed by atoms with Crippen LogP contribution in [0.5, 0.6) is 5.75 Å². The zero-order valence-corrected chi connectivity index (χ0v) is 18.3. The number of aromatic hydroxyl groups is 1. The van der Waals surface area contributed by atoms with Crippen LogP contribution in [-0.4, -0.2) is 45.8 Å². The number of hydrogen-bond donors (Lipinski definition) is 2. The van der Waals surface area contributed by atoms with Gasteiger partial charge in [-0.25, -0.2) is 9.78 Å². The number of amides is 1. The van der Waals surface area contributed by atoms with Crippen molar-refractivity contribution < 1.29 is 24.2 Å². The van der Waals surface area contributed by atoms with Crippen LogP contribution in [0.4, 0.5) is 0 Å². The smallest absolute Gasteiger partial charge is 0.331 e. The third kappa shape index (κ3) is 6.30. The quantitative estimate of drug-likeness (QED) is 0.561. The van der Waals surface area contributed by atoms with Crippen molar-refractivity contribution in [1.82, 2.24) is 10.3 Å². The van der Waals surface area contributed by atoms with Gasteiger partial charge in [0.05, 0.1) is 12.2 Å². The first-order chi connectivity index (χ1) is 13.3. The topological polar surface area (TPSA) is 97.8 Å². The van der Waals surface area contributed by atoms with Crippen LogP contribution in [0.3, 0.4) is 0 Å². The molecule has 2 rings (SSSR count). The van der Waals surface area contributed by atoms with Gasteiger partial charge >= 0.3 is 5.97 Å². The molecule has 0 saturated heterocycles. The predicted molar refractivity (Wildman–Crippen MR) is 111 cm³/mol. The number of rotatable bonds is 5. The average molecular weight is 423 g/mol. The van der Waals surface area contributed by atoms with Crippen molar-refractivity contribution in [1.29, 1.82) is 0 Å². The maximum absolute atomic E-state index is 12.8. The van der Waals surface area contributed by atoms with Gasteiger partial charge in [-0.15, -0.1) is 0 Å². The molecule has 0 radical (unpaired) electrons. The summed E-state index contributed by atoms with van der Waals surface area (Å²) < 4.78 is 11.0. The van der Waals surface area contributed by atoms with E-state index in [0.29, 0.717) is 10.8 Å². The van der Waals surface area contributed by atoms with Crippen LogP contribution in [0, 0.1) is 0 Å². The van der Waals surface area contributed by atoms with Crippen molar-refractivity contribution in [2.24, 2.45) is 0 Å². The molecule has 0 spiro atoms. The fourth-order valence-electron chi connectivity index (χ4n) is 2.47. The molecule has 29 heavy (non-hydrogen) atoms. The van der Waals surface area contributed by atoms with Crippen molar-refractivity contribution in [2.75, 3.05) is 6.61 Å². The minimum absolute atomic E-state index is 0.0725. The zero-order chi connectivity index (χ0) is 22.0. The first-order valence-corrected chi connectivity index (χ1v) is 9.61. The van der Waals surface area contributed by atoms with Crippen molar-refractivity contribution in [3.05, 3.63) is 35.1 Å². The van der Waals surface area contributed by atoms with Gasteiger partial charge in [0, 0.05) is 10.8 Å². The summed E-state index contributed by atoms with van der Waals surface area (Å²) in [7, 11) is 0. The molecule has 0 unspecified atom stereocenters. The molecule has 0 bridgehead atoms. The Morgan fingerprint density at radius 1 is 1.10 bits per heavy atom. The number of aromatic nitrogens is 1. The Bertz CT molecular complexity index is 916. The van der Waals surface area contributed by atoms with Crippen LogP contribution < -0.4 is 5.32 Å². The van der Waals surface area contributed by atoms with Gasteiger partial charge in [-0.1, -0.05) is 35.9 Å². The van der Waals surface area contributed by atoms with E-state index >= 15 is 0 Å². The molecule has 2 aromatic rings. The van der Waals surface area contributed by atoms with Gasteiger partial charge in [0.15, 0.2) is 17.5 Å². The van der Waals surface area contributed by atoms with Gasteiger partial charge in [-0.05, 0) is 41.5 Å². The zero-order valence-electron chi connectivity index (χ0n) is 17.5. The minimum atomic E-state index is -1.09. The molecule has 0 fully saturated rings. The van der Waals surface area contributed by atoms with Gasteiger partial charge in [0.1, 0.15) is 10.8 Å². The second-order valence-corrected chi connectivity index (χ2v) is 8.99. The summed E-state index contributed by atoms with van der Waals surface area (Å²) in [4.78, 5) is 29.4. The van der Waals surface area contributed by atoms with Crippen molar-refractivity contribution in [3.63, 3.8) is 0 Å². The van der Waals surface area contributed by atoms with Crippen LogP contribution in [0.15, 0.2) is 24.3 Å². The molecule has 1 aromatic heterocycles. The SMILES string of the molecule is CC(C)(C)OC[C@@H](NC(=O)c1nc(Cl)c2ccccc2c1O)C(=O)OC(C)(C)C. The Kier molecular flexibility index (Phi) is 6.75. The van der Waals surface area contributed by atoms with Crippen molar-refractivity contribution in [3.8, 4) is 5.75 Å². The largest absolute Gasteiger partial charge is 0.505 e. The van der Waals surface area contributed by atoms with E-state index < -0.39 is 29.1 Å². The summed E-state index contributed by atoms with van der Waals surface area (Å²) in [5, 5.41) is 14.0. The summed E-state index contributed by atoms with van der Waals surface area (Å²) >= 11 is 6.17. The molecule has 2 N–H and O–H groups in total.